The number of carbonyl (C=O) groups excluding carboxylic acids is 2. The van der Waals surface area contributed by atoms with Gasteiger partial charge in [0, 0.05) is 10.9 Å². The number of benzene rings is 1. The Bertz CT molecular complexity index is 474. The average Bonchev–Trinajstić information content (AvgIpc) is 2.40. The van der Waals surface area contributed by atoms with Gasteiger partial charge in [0.2, 0.25) is 0 Å². The highest BCUT2D eigenvalue weighted by Crippen LogP contribution is 2.26. The molecule has 5 heteroatoms. The van der Waals surface area contributed by atoms with Gasteiger partial charge >= 0.3 is 5.97 Å². The zero-order valence-corrected chi connectivity index (χ0v) is 13.6. The first-order chi connectivity index (χ1) is 9.43. The van der Waals surface area contributed by atoms with E-state index in [1.165, 1.54) is 0 Å². The lowest BCUT2D eigenvalue weighted by molar-refractivity contribution is -0.144. The van der Waals surface area contributed by atoms with Crippen molar-refractivity contribution in [2.75, 3.05) is 13.2 Å². The largest absolute Gasteiger partial charge is 0.486 e. The Kier molecular flexibility index (Phi) is 6.71. The first-order valence-electron chi connectivity index (χ1n) is 6.51. The molecule has 0 aliphatic carbocycles. The smallest absolute Gasteiger partial charge is 0.306 e. The van der Waals surface area contributed by atoms with E-state index in [2.05, 4.69) is 15.9 Å². The van der Waals surface area contributed by atoms with Gasteiger partial charge in [-0.3, -0.25) is 9.59 Å². The lowest BCUT2D eigenvalue weighted by Gasteiger charge is -2.09. The number of halogens is 1. The summed E-state index contributed by atoms with van der Waals surface area (Å²) in [4.78, 5) is 22.7. The molecule has 0 saturated heterocycles. The van der Waals surface area contributed by atoms with Crippen molar-refractivity contribution < 1.29 is 19.1 Å². The molecule has 0 N–H and O–H groups in total. The Morgan fingerprint density at radius 2 is 1.75 bits per heavy atom. The van der Waals surface area contributed by atoms with Crippen molar-refractivity contribution in [2.45, 2.75) is 33.6 Å². The molecule has 0 aliphatic rings. The number of ether oxygens (including phenoxy) is 2. The summed E-state index contributed by atoms with van der Waals surface area (Å²) >= 11 is 3.47. The van der Waals surface area contributed by atoms with Crippen molar-refractivity contribution in [3.05, 3.63) is 27.7 Å². The van der Waals surface area contributed by atoms with Crippen LogP contribution in [0, 0.1) is 13.8 Å². The second-order valence-corrected chi connectivity index (χ2v) is 5.30. The van der Waals surface area contributed by atoms with Crippen LogP contribution in [0.1, 0.15) is 30.9 Å². The molecular weight excluding hydrogens is 324 g/mol. The highest BCUT2D eigenvalue weighted by molar-refractivity contribution is 9.10. The van der Waals surface area contributed by atoms with Crippen LogP contribution in [0.15, 0.2) is 16.6 Å². The Morgan fingerprint density at radius 1 is 1.15 bits per heavy atom. The highest BCUT2D eigenvalue weighted by Gasteiger charge is 2.09. The number of hydrogen-bond donors (Lipinski definition) is 0. The molecule has 0 aromatic heterocycles. The molecule has 20 heavy (non-hydrogen) atoms. The van der Waals surface area contributed by atoms with Gasteiger partial charge in [-0.2, -0.15) is 0 Å². The van der Waals surface area contributed by atoms with Crippen LogP contribution in [0.5, 0.6) is 5.75 Å². The number of rotatable bonds is 7. The van der Waals surface area contributed by atoms with Gasteiger partial charge in [0.25, 0.3) is 0 Å². The summed E-state index contributed by atoms with van der Waals surface area (Å²) in [5.41, 5.74) is 2.11. The zero-order valence-electron chi connectivity index (χ0n) is 12.0. The minimum Gasteiger partial charge on any atom is -0.486 e. The molecular formula is C15H19BrO4. The Labute approximate surface area is 127 Å². The molecule has 0 heterocycles. The predicted octanol–water partition coefficient (Wildman–Crippen LogP) is 3.36. The normalized spacial score (nSPS) is 10.2. The second kappa shape index (κ2) is 8.04. The fourth-order valence-corrected chi connectivity index (χ4v) is 1.93. The molecule has 0 radical (unpaired) electrons. The van der Waals surface area contributed by atoms with Crippen LogP contribution in [0.2, 0.25) is 0 Å². The third-order valence-corrected chi connectivity index (χ3v) is 3.97. The van der Waals surface area contributed by atoms with Crippen molar-refractivity contribution in [1.29, 1.82) is 0 Å². The van der Waals surface area contributed by atoms with E-state index < -0.39 is 0 Å². The van der Waals surface area contributed by atoms with Crippen molar-refractivity contribution in [1.82, 2.24) is 0 Å². The van der Waals surface area contributed by atoms with Crippen molar-refractivity contribution >= 4 is 27.7 Å². The number of esters is 1. The summed E-state index contributed by atoms with van der Waals surface area (Å²) in [6.07, 6.45) is 0.252. The van der Waals surface area contributed by atoms with E-state index >= 15 is 0 Å². The minimum absolute atomic E-state index is 0.0279. The number of ketones is 1. The average molecular weight is 343 g/mol. The molecule has 1 rings (SSSR count). The number of Topliss-reactive ketones (excluding diaryl/α,β-unsaturated/α-hetero) is 1. The Morgan fingerprint density at radius 3 is 2.30 bits per heavy atom. The van der Waals surface area contributed by atoms with Crippen LogP contribution in [0.4, 0.5) is 0 Å². The maximum Gasteiger partial charge on any atom is 0.306 e. The maximum atomic E-state index is 11.6. The van der Waals surface area contributed by atoms with Gasteiger partial charge < -0.3 is 9.47 Å². The lowest BCUT2D eigenvalue weighted by Crippen LogP contribution is -2.14. The summed E-state index contributed by atoms with van der Waals surface area (Å²) in [5.74, 6) is 0.195. The van der Waals surface area contributed by atoms with Crippen LogP contribution in [0.25, 0.3) is 0 Å². The van der Waals surface area contributed by atoms with Crippen LogP contribution in [-0.4, -0.2) is 25.0 Å². The maximum absolute atomic E-state index is 11.6. The third-order valence-electron chi connectivity index (χ3n) is 2.72. The fraction of sp³-hybridized carbons (Fsp3) is 0.467. The topological polar surface area (TPSA) is 52.6 Å². The van der Waals surface area contributed by atoms with Gasteiger partial charge in [0.1, 0.15) is 12.4 Å². The number of hydrogen-bond acceptors (Lipinski definition) is 4. The monoisotopic (exact) mass is 342 g/mol. The Balaban J connectivity index is 2.43. The highest BCUT2D eigenvalue weighted by atomic mass is 79.9. The van der Waals surface area contributed by atoms with E-state index in [-0.39, 0.29) is 31.2 Å². The van der Waals surface area contributed by atoms with E-state index in [1.54, 1.807) is 6.92 Å². The van der Waals surface area contributed by atoms with Crippen LogP contribution in [-0.2, 0) is 14.3 Å². The van der Waals surface area contributed by atoms with Crippen LogP contribution >= 0.6 is 15.9 Å². The summed E-state index contributed by atoms with van der Waals surface area (Å²) in [5, 5.41) is 0. The van der Waals surface area contributed by atoms with Crippen LogP contribution < -0.4 is 4.74 Å². The van der Waals surface area contributed by atoms with E-state index in [4.69, 9.17) is 9.47 Å². The molecule has 0 unspecified atom stereocenters. The molecule has 4 nitrogen and oxygen atoms in total. The summed E-state index contributed by atoms with van der Waals surface area (Å²) < 4.78 is 11.3. The zero-order chi connectivity index (χ0) is 15.1. The van der Waals surface area contributed by atoms with Crippen molar-refractivity contribution in [2.24, 2.45) is 0 Å². The molecule has 0 bridgehead atoms. The first kappa shape index (κ1) is 16.7. The van der Waals surface area contributed by atoms with Crippen LogP contribution in [0.3, 0.4) is 0 Å². The predicted molar refractivity (Wildman–Crippen MR) is 80.0 cm³/mol. The van der Waals surface area contributed by atoms with E-state index in [9.17, 15) is 9.59 Å². The first-order valence-corrected chi connectivity index (χ1v) is 7.30. The van der Waals surface area contributed by atoms with Gasteiger partial charge in [0.15, 0.2) is 5.78 Å². The summed E-state index contributed by atoms with van der Waals surface area (Å²) in [6.45, 7) is 5.97. The quantitative estimate of drug-likeness (QED) is 0.713. The molecule has 0 spiro atoms. The Hall–Kier alpha value is -1.36. The van der Waals surface area contributed by atoms with Crippen molar-refractivity contribution in [3.8, 4) is 5.75 Å². The minimum atomic E-state index is -0.351. The molecule has 110 valence electrons. The number of aryl methyl sites for hydroxylation is 2. The molecule has 0 aliphatic heterocycles. The molecule has 0 atom stereocenters. The SMILES string of the molecule is CCOC(=O)CCC(=O)COc1cc(C)c(Br)c(C)c1. The fourth-order valence-electron chi connectivity index (χ4n) is 1.70. The summed E-state index contributed by atoms with van der Waals surface area (Å²) in [7, 11) is 0. The second-order valence-electron chi connectivity index (χ2n) is 4.50. The van der Waals surface area contributed by atoms with Gasteiger partial charge in [-0.25, -0.2) is 0 Å². The van der Waals surface area contributed by atoms with Gasteiger partial charge in [-0.05, 0) is 44.0 Å². The van der Waals surface area contributed by atoms with E-state index in [1.807, 2.05) is 26.0 Å². The molecule has 0 fully saturated rings. The lowest BCUT2D eigenvalue weighted by atomic mass is 10.1. The molecule has 0 saturated carbocycles. The molecule has 1 aromatic rings. The van der Waals surface area contributed by atoms with Gasteiger partial charge in [0.05, 0.1) is 13.0 Å². The van der Waals surface area contributed by atoms with Crippen molar-refractivity contribution in [3.63, 3.8) is 0 Å². The van der Waals surface area contributed by atoms with Gasteiger partial charge in [-0.1, -0.05) is 15.9 Å². The third kappa shape index (κ3) is 5.33. The number of carbonyl (C=O) groups is 2. The molecule has 1 aromatic carbocycles. The van der Waals surface area contributed by atoms with E-state index in [0.29, 0.717) is 12.4 Å². The summed E-state index contributed by atoms with van der Waals surface area (Å²) in [6, 6.07) is 3.74. The van der Waals surface area contributed by atoms with Gasteiger partial charge in [-0.15, -0.1) is 0 Å². The standard InChI is InChI=1S/C15H19BrO4/c1-4-19-14(18)6-5-12(17)9-20-13-7-10(2)15(16)11(3)8-13/h7-8H,4-6,9H2,1-3H3. The molecule has 0 amide bonds. The van der Waals surface area contributed by atoms with E-state index in [0.717, 1.165) is 15.6 Å².